The van der Waals surface area contributed by atoms with Crippen molar-refractivity contribution in [2.24, 2.45) is 7.05 Å². The Labute approximate surface area is 75.0 Å². The maximum Gasteiger partial charge on any atom is 0.326 e. The molecule has 1 unspecified atom stereocenters. The molecule has 1 aromatic heterocycles. The number of aliphatic carboxylic acids is 1. The molecule has 1 rings (SSSR count). The van der Waals surface area contributed by atoms with Gasteiger partial charge in [-0.15, -0.1) is 0 Å². The van der Waals surface area contributed by atoms with Crippen LogP contribution in [0.2, 0.25) is 0 Å². The standard InChI is InChI=1S/C6H11N5O2/c1-4(5(12)13)10(2)6-7-8-9-11(6)3/h4H,1-3H3,(H,12,13). The van der Waals surface area contributed by atoms with Crippen molar-refractivity contribution in [3.05, 3.63) is 0 Å². The van der Waals surface area contributed by atoms with E-state index in [1.807, 2.05) is 0 Å². The van der Waals surface area contributed by atoms with Crippen molar-refractivity contribution in [2.45, 2.75) is 13.0 Å². The molecule has 1 heterocycles. The van der Waals surface area contributed by atoms with Gasteiger partial charge in [-0.05, 0) is 17.4 Å². The minimum atomic E-state index is -0.912. The Morgan fingerprint density at radius 1 is 1.69 bits per heavy atom. The Hall–Kier alpha value is -1.66. The summed E-state index contributed by atoms with van der Waals surface area (Å²) in [6.45, 7) is 1.57. The zero-order chi connectivity index (χ0) is 10.0. The predicted octanol–water partition coefficient (Wildman–Crippen LogP) is -0.881. The quantitative estimate of drug-likeness (QED) is 0.658. The number of carbonyl (C=O) groups is 1. The molecule has 0 aromatic carbocycles. The van der Waals surface area contributed by atoms with Gasteiger partial charge in [-0.2, -0.15) is 0 Å². The highest BCUT2D eigenvalue weighted by atomic mass is 16.4. The van der Waals surface area contributed by atoms with Gasteiger partial charge in [-0.25, -0.2) is 9.48 Å². The average molecular weight is 185 g/mol. The van der Waals surface area contributed by atoms with Gasteiger partial charge < -0.3 is 10.0 Å². The van der Waals surface area contributed by atoms with Gasteiger partial charge in [0.05, 0.1) is 0 Å². The zero-order valence-electron chi connectivity index (χ0n) is 7.67. The van der Waals surface area contributed by atoms with Crippen molar-refractivity contribution in [1.82, 2.24) is 20.2 Å². The van der Waals surface area contributed by atoms with Gasteiger partial charge in [0.25, 0.3) is 0 Å². The highest BCUT2D eigenvalue weighted by Gasteiger charge is 2.20. The van der Waals surface area contributed by atoms with Crippen LogP contribution in [0, 0.1) is 0 Å². The number of carboxylic acid groups (broad SMARTS) is 1. The second-order valence-corrected chi connectivity index (χ2v) is 2.73. The normalized spacial score (nSPS) is 12.5. The third kappa shape index (κ3) is 1.74. The summed E-state index contributed by atoms with van der Waals surface area (Å²) < 4.78 is 1.42. The minimum Gasteiger partial charge on any atom is -0.480 e. The van der Waals surface area contributed by atoms with Crippen LogP contribution < -0.4 is 4.90 Å². The minimum absolute atomic E-state index is 0.426. The van der Waals surface area contributed by atoms with Gasteiger partial charge in [-0.3, -0.25) is 0 Å². The number of hydrogen-bond acceptors (Lipinski definition) is 5. The molecule has 0 amide bonds. The average Bonchev–Trinajstić information content (AvgIpc) is 2.48. The first-order chi connectivity index (χ1) is 6.04. The molecule has 13 heavy (non-hydrogen) atoms. The summed E-state index contributed by atoms with van der Waals surface area (Å²) in [5.41, 5.74) is 0. The van der Waals surface area contributed by atoms with Gasteiger partial charge in [0.2, 0.25) is 5.95 Å². The van der Waals surface area contributed by atoms with Crippen molar-refractivity contribution in [3.63, 3.8) is 0 Å². The van der Waals surface area contributed by atoms with Gasteiger partial charge >= 0.3 is 5.97 Å². The van der Waals surface area contributed by atoms with E-state index in [2.05, 4.69) is 15.5 Å². The van der Waals surface area contributed by atoms with Crippen molar-refractivity contribution in [3.8, 4) is 0 Å². The van der Waals surface area contributed by atoms with Crippen molar-refractivity contribution >= 4 is 11.9 Å². The molecule has 0 spiro atoms. The topological polar surface area (TPSA) is 84.1 Å². The summed E-state index contributed by atoms with van der Waals surface area (Å²) >= 11 is 0. The van der Waals surface area contributed by atoms with Crippen molar-refractivity contribution in [1.29, 1.82) is 0 Å². The lowest BCUT2D eigenvalue weighted by Gasteiger charge is -2.20. The maximum atomic E-state index is 10.6. The van der Waals surface area contributed by atoms with E-state index in [1.165, 1.54) is 9.58 Å². The molecular formula is C6H11N5O2. The van der Waals surface area contributed by atoms with E-state index < -0.39 is 12.0 Å². The second-order valence-electron chi connectivity index (χ2n) is 2.73. The summed E-state index contributed by atoms with van der Waals surface area (Å²) in [4.78, 5) is 12.1. The Morgan fingerprint density at radius 2 is 2.31 bits per heavy atom. The molecule has 0 aliphatic carbocycles. The Kier molecular flexibility index (Phi) is 2.45. The molecular weight excluding hydrogens is 174 g/mol. The molecule has 0 bridgehead atoms. The fourth-order valence-electron chi connectivity index (χ4n) is 0.862. The molecule has 0 aliphatic heterocycles. The SMILES string of the molecule is CC(C(=O)O)N(C)c1nnnn1C. The van der Waals surface area contributed by atoms with E-state index in [0.717, 1.165) is 0 Å². The second kappa shape index (κ2) is 3.38. The summed E-state index contributed by atoms with van der Waals surface area (Å²) in [6, 6.07) is -0.648. The van der Waals surface area contributed by atoms with Crippen LogP contribution in [0.4, 0.5) is 5.95 Å². The third-order valence-corrected chi connectivity index (χ3v) is 1.85. The van der Waals surface area contributed by atoms with Gasteiger partial charge in [0, 0.05) is 14.1 Å². The molecule has 1 aromatic rings. The molecule has 7 nitrogen and oxygen atoms in total. The molecule has 1 atom stereocenters. The van der Waals surface area contributed by atoms with E-state index in [1.54, 1.807) is 21.0 Å². The smallest absolute Gasteiger partial charge is 0.326 e. The molecule has 0 radical (unpaired) electrons. The lowest BCUT2D eigenvalue weighted by atomic mass is 10.3. The fourth-order valence-corrected chi connectivity index (χ4v) is 0.862. The van der Waals surface area contributed by atoms with Crippen LogP contribution in [0.1, 0.15) is 6.92 Å². The van der Waals surface area contributed by atoms with Gasteiger partial charge in [0.1, 0.15) is 6.04 Å². The zero-order valence-corrected chi connectivity index (χ0v) is 7.67. The molecule has 0 saturated carbocycles. The molecule has 0 aliphatic rings. The monoisotopic (exact) mass is 185 g/mol. The van der Waals surface area contributed by atoms with Gasteiger partial charge in [-0.1, -0.05) is 5.10 Å². The Bertz CT molecular complexity index is 310. The van der Waals surface area contributed by atoms with Crippen LogP contribution >= 0.6 is 0 Å². The predicted molar refractivity (Wildman–Crippen MR) is 44.3 cm³/mol. The summed E-state index contributed by atoms with van der Waals surface area (Å²) in [7, 11) is 3.28. The number of aromatic nitrogens is 4. The highest BCUT2D eigenvalue weighted by molar-refractivity contribution is 5.76. The van der Waals surface area contributed by atoms with Crippen molar-refractivity contribution in [2.75, 3.05) is 11.9 Å². The van der Waals surface area contributed by atoms with Gasteiger partial charge in [0.15, 0.2) is 0 Å². The number of hydrogen-bond donors (Lipinski definition) is 1. The summed E-state index contributed by atoms with van der Waals surface area (Å²) in [6.07, 6.45) is 0. The van der Waals surface area contributed by atoms with Crippen LogP contribution in [0.15, 0.2) is 0 Å². The summed E-state index contributed by atoms with van der Waals surface area (Å²) in [5.74, 6) is -0.486. The van der Waals surface area contributed by atoms with Crippen molar-refractivity contribution < 1.29 is 9.90 Å². The molecule has 1 N–H and O–H groups in total. The molecule has 0 saturated heterocycles. The summed E-state index contributed by atoms with van der Waals surface area (Å²) in [5, 5.41) is 19.4. The third-order valence-electron chi connectivity index (χ3n) is 1.85. The molecule has 7 heteroatoms. The van der Waals surface area contributed by atoms with Crippen LogP contribution in [0.5, 0.6) is 0 Å². The first-order valence-corrected chi connectivity index (χ1v) is 3.72. The van der Waals surface area contributed by atoms with Crippen LogP contribution in [0.3, 0.4) is 0 Å². The number of nitrogens with zero attached hydrogens (tertiary/aromatic N) is 5. The molecule has 72 valence electrons. The Morgan fingerprint density at radius 3 is 2.69 bits per heavy atom. The molecule has 0 fully saturated rings. The van der Waals surface area contributed by atoms with E-state index >= 15 is 0 Å². The first kappa shape index (κ1) is 9.43. The lowest BCUT2D eigenvalue weighted by molar-refractivity contribution is -0.138. The first-order valence-electron chi connectivity index (χ1n) is 3.72. The highest BCUT2D eigenvalue weighted by Crippen LogP contribution is 2.07. The van der Waals surface area contributed by atoms with Crippen LogP contribution in [-0.4, -0.2) is 44.4 Å². The van der Waals surface area contributed by atoms with E-state index in [4.69, 9.17) is 5.11 Å². The number of aryl methyl sites for hydroxylation is 1. The van der Waals surface area contributed by atoms with E-state index in [0.29, 0.717) is 5.95 Å². The number of tetrazole rings is 1. The van der Waals surface area contributed by atoms with Crippen LogP contribution in [-0.2, 0) is 11.8 Å². The van der Waals surface area contributed by atoms with E-state index in [9.17, 15) is 4.79 Å². The fraction of sp³-hybridized carbons (Fsp3) is 0.667. The van der Waals surface area contributed by atoms with Crippen LogP contribution in [0.25, 0.3) is 0 Å². The number of rotatable bonds is 3. The van der Waals surface area contributed by atoms with E-state index in [-0.39, 0.29) is 0 Å². The lowest BCUT2D eigenvalue weighted by Crippen LogP contribution is -2.37. The number of anilines is 1. The number of carboxylic acids is 1. The largest absolute Gasteiger partial charge is 0.480 e. The number of likely N-dealkylation sites (N-methyl/N-ethyl adjacent to an activating group) is 1. The Balaban J connectivity index is 2.85. The maximum absolute atomic E-state index is 10.6.